The summed E-state index contributed by atoms with van der Waals surface area (Å²) in [6.45, 7) is 3.18. The van der Waals surface area contributed by atoms with E-state index < -0.39 is 20.6 Å². The van der Waals surface area contributed by atoms with E-state index in [0.29, 0.717) is 16.4 Å². The van der Waals surface area contributed by atoms with Gasteiger partial charge in [0.2, 0.25) is 0 Å². The van der Waals surface area contributed by atoms with Gasteiger partial charge in [0, 0.05) is 16.7 Å². The van der Waals surface area contributed by atoms with E-state index in [9.17, 15) is 8.42 Å². The molecule has 0 spiro atoms. The van der Waals surface area contributed by atoms with Gasteiger partial charge in [0.1, 0.15) is 11.3 Å². The number of benzene rings is 1. The number of sulfone groups is 1. The zero-order valence-corrected chi connectivity index (χ0v) is 12.5. The van der Waals surface area contributed by atoms with Crippen molar-refractivity contribution in [2.24, 2.45) is 5.73 Å². The number of halogens is 1. The van der Waals surface area contributed by atoms with Gasteiger partial charge >= 0.3 is 0 Å². The second-order valence-corrected chi connectivity index (χ2v) is 8.22. The Labute approximate surface area is 117 Å². The molecule has 0 fully saturated rings. The summed E-state index contributed by atoms with van der Waals surface area (Å²) < 4.78 is 28.1. The Kier molecular flexibility index (Phi) is 3.41. The molecule has 0 saturated carbocycles. The lowest BCUT2D eigenvalue weighted by atomic mass is 10.0. The van der Waals surface area contributed by atoms with E-state index >= 15 is 0 Å². The molecule has 104 valence electrons. The summed E-state index contributed by atoms with van der Waals surface area (Å²) >= 11 is 5.90. The minimum atomic E-state index is -3.31. The fraction of sp³-hybridized carbons (Fsp3) is 0.385. The van der Waals surface area contributed by atoms with Crippen LogP contribution >= 0.6 is 11.6 Å². The van der Waals surface area contributed by atoms with Gasteiger partial charge in [0.15, 0.2) is 9.84 Å². The van der Waals surface area contributed by atoms with Crippen LogP contribution in [0.5, 0.6) is 0 Å². The molecule has 0 amide bonds. The predicted octanol–water partition coefficient (Wildman–Crippen LogP) is 2.91. The quantitative estimate of drug-likeness (QED) is 0.946. The van der Waals surface area contributed by atoms with Crippen molar-refractivity contribution in [1.82, 2.24) is 0 Å². The molecule has 2 aromatic rings. The summed E-state index contributed by atoms with van der Waals surface area (Å²) in [4.78, 5) is 0. The second-order valence-electron chi connectivity index (χ2n) is 5.18. The maximum atomic E-state index is 11.8. The van der Waals surface area contributed by atoms with Gasteiger partial charge in [0.05, 0.1) is 10.8 Å². The van der Waals surface area contributed by atoms with E-state index in [-0.39, 0.29) is 0 Å². The van der Waals surface area contributed by atoms with Crippen LogP contribution in [0.15, 0.2) is 28.7 Å². The summed E-state index contributed by atoms with van der Waals surface area (Å²) in [6, 6.07) is 6.20. The molecule has 0 aliphatic heterocycles. The fourth-order valence-electron chi connectivity index (χ4n) is 1.76. The van der Waals surface area contributed by atoms with Gasteiger partial charge in [-0.25, -0.2) is 8.42 Å². The molecule has 1 unspecified atom stereocenters. The third-order valence-electron chi connectivity index (χ3n) is 3.51. The molecule has 1 aromatic heterocycles. The van der Waals surface area contributed by atoms with Crippen LogP contribution in [0, 0.1) is 0 Å². The summed E-state index contributed by atoms with van der Waals surface area (Å²) in [6.07, 6.45) is 1.17. The third kappa shape index (κ3) is 2.50. The average molecular weight is 302 g/mol. The largest absolute Gasteiger partial charge is 0.459 e. The molecule has 0 saturated heterocycles. The van der Waals surface area contributed by atoms with Gasteiger partial charge in [-0.3, -0.25) is 0 Å². The van der Waals surface area contributed by atoms with Gasteiger partial charge in [-0.2, -0.15) is 0 Å². The molecule has 0 radical (unpaired) electrons. The van der Waals surface area contributed by atoms with Crippen molar-refractivity contribution in [1.29, 1.82) is 0 Å². The number of hydrogen-bond acceptors (Lipinski definition) is 4. The topological polar surface area (TPSA) is 73.3 Å². The number of fused-ring (bicyclic) bond motifs is 1. The first-order valence-electron chi connectivity index (χ1n) is 5.77. The smallest absolute Gasteiger partial charge is 0.154 e. The number of hydrogen-bond donors (Lipinski definition) is 1. The highest BCUT2D eigenvalue weighted by atomic mass is 35.5. The molecule has 2 N–H and O–H groups in total. The lowest BCUT2D eigenvalue weighted by Crippen LogP contribution is -2.42. The van der Waals surface area contributed by atoms with E-state index in [2.05, 4.69) is 0 Å². The molecule has 2 rings (SSSR count). The van der Waals surface area contributed by atoms with Crippen LogP contribution in [0.1, 0.15) is 25.6 Å². The van der Waals surface area contributed by atoms with Crippen LogP contribution in [0.4, 0.5) is 0 Å². The zero-order chi connectivity index (χ0) is 14.4. The fourth-order valence-corrected chi connectivity index (χ4v) is 2.52. The molecular formula is C13H16ClNO3S. The van der Waals surface area contributed by atoms with Gasteiger partial charge in [-0.15, -0.1) is 0 Å². The van der Waals surface area contributed by atoms with Gasteiger partial charge in [-0.1, -0.05) is 11.6 Å². The first-order valence-corrected chi connectivity index (χ1v) is 8.04. The van der Waals surface area contributed by atoms with E-state index in [1.165, 1.54) is 6.26 Å². The zero-order valence-electron chi connectivity index (χ0n) is 11.0. The first-order chi connectivity index (χ1) is 8.63. The molecule has 1 heterocycles. The maximum Gasteiger partial charge on any atom is 0.154 e. The van der Waals surface area contributed by atoms with Crippen molar-refractivity contribution in [3.05, 3.63) is 35.0 Å². The van der Waals surface area contributed by atoms with Gasteiger partial charge in [0.25, 0.3) is 0 Å². The van der Waals surface area contributed by atoms with Crippen LogP contribution < -0.4 is 5.73 Å². The molecule has 0 aliphatic rings. The highest BCUT2D eigenvalue weighted by molar-refractivity contribution is 7.92. The van der Waals surface area contributed by atoms with E-state index in [4.69, 9.17) is 21.8 Å². The molecule has 1 aromatic carbocycles. The standard InChI is InChI=1S/C13H16ClNO3S/c1-13(2,19(3,16)17)12(15)11-7-8-6-9(14)4-5-10(8)18-11/h4-7,12H,15H2,1-3H3. The van der Waals surface area contributed by atoms with Crippen LogP contribution in [-0.4, -0.2) is 19.4 Å². The number of nitrogens with two attached hydrogens (primary N) is 1. The van der Waals surface area contributed by atoms with Crippen LogP contribution in [0.25, 0.3) is 11.0 Å². The van der Waals surface area contributed by atoms with Gasteiger partial charge in [-0.05, 0) is 38.1 Å². The Morgan fingerprint density at radius 2 is 1.95 bits per heavy atom. The van der Waals surface area contributed by atoms with E-state index in [1.807, 2.05) is 0 Å². The molecular weight excluding hydrogens is 286 g/mol. The van der Waals surface area contributed by atoms with Crippen LogP contribution in [0.2, 0.25) is 5.02 Å². The Morgan fingerprint density at radius 1 is 1.32 bits per heavy atom. The normalized spacial score (nSPS) is 14.8. The third-order valence-corrected chi connectivity index (χ3v) is 5.91. The molecule has 1 atom stereocenters. The van der Waals surface area contributed by atoms with Crippen molar-refractivity contribution in [3.8, 4) is 0 Å². The monoisotopic (exact) mass is 301 g/mol. The van der Waals surface area contributed by atoms with Crippen LogP contribution in [-0.2, 0) is 9.84 Å². The minimum absolute atomic E-state index is 0.438. The van der Waals surface area contributed by atoms with Crippen molar-refractivity contribution < 1.29 is 12.8 Å². The van der Waals surface area contributed by atoms with Crippen LogP contribution in [0.3, 0.4) is 0 Å². The first kappa shape index (κ1) is 14.4. The molecule has 0 aliphatic carbocycles. The van der Waals surface area contributed by atoms with Crippen molar-refractivity contribution in [3.63, 3.8) is 0 Å². The van der Waals surface area contributed by atoms with Crippen molar-refractivity contribution >= 4 is 32.4 Å². The lowest BCUT2D eigenvalue weighted by Gasteiger charge is -2.27. The summed E-state index contributed by atoms with van der Waals surface area (Å²) in [5, 5.41) is 1.40. The maximum absolute atomic E-state index is 11.8. The average Bonchev–Trinajstić information content (AvgIpc) is 2.68. The highest BCUT2D eigenvalue weighted by Crippen LogP contribution is 2.33. The molecule has 4 nitrogen and oxygen atoms in total. The molecule has 19 heavy (non-hydrogen) atoms. The Balaban J connectivity index is 2.50. The van der Waals surface area contributed by atoms with Crippen molar-refractivity contribution in [2.45, 2.75) is 24.6 Å². The Hall–Kier alpha value is -1.04. The highest BCUT2D eigenvalue weighted by Gasteiger charge is 2.39. The van der Waals surface area contributed by atoms with E-state index in [1.54, 1.807) is 38.1 Å². The molecule has 6 heteroatoms. The number of furan rings is 1. The SMILES string of the molecule is CC(C)(C(N)c1cc2cc(Cl)ccc2o1)S(C)(=O)=O. The number of rotatable bonds is 3. The van der Waals surface area contributed by atoms with E-state index in [0.717, 1.165) is 5.39 Å². The van der Waals surface area contributed by atoms with Crippen molar-refractivity contribution in [2.75, 3.05) is 6.26 Å². The second kappa shape index (κ2) is 4.51. The van der Waals surface area contributed by atoms with Gasteiger partial charge < -0.3 is 10.2 Å². The Morgan fingerprint density at radius 3 is 2.53 bits per heavy atom. The summed E-state index contributed by atoms with van der Waals surface area (Å²) in [7, 11) is -3.31. The molecule has 0 bridgehead atoms. The predicted molar refractivity (Wildman–Crippen MR) is 77.1 cm³/mol. The summed E-state index contributed by atoms with van der Waals surface area (Å²) in [5.41, 5.74) is 6.69. The lowest BCUT2D eigenvalue weighted by molar-refractivity contribution is 0.423. The minimum Gasteiger partial charge on any atom is -0.459 e. The summed E-state index contributed by atoms with van der Waals surface area (Å²) in [5.74, 6) is 0.438. The Bertz CT molecular complexity index is 719.